The summed E-state index contributed by atoms with van der Waals surface area (Å²) in [6.07, 6.45) is 2.64. The average molecular weight is 374 g/mol. The highest BCUT2D eigenvalue weighted by atomic mass is 19.3. The summed E-state index contributed by atoms with van der Waals surface area (Å²) >= 11 is 0. The Hall–Kier alpha value is -4.01. The van der Waals surface area contributed by atoms with Crippen LogP contribution in [0.2, 0.25) is 0 Å². The van der Waals surface area contributed by atoms with E-state index in [0.717, 1.165) is 18.2 Å². The molecular weight excluding hydrogens is 363 g/mol. The predicted octanol–water partition coefficient (Wildman–Crippen LogP) is 2.99. The van der Waals surface area contributed by atoms with Crippen LogP contribution >= 0.6 is 0 Å². The van der Waals surface area contributed by atoms with E-state index in [0.29, 0.717) is 0 Å². The van der Waals surface area contributed by atoms with Gasteiger partial charge in [0.2, 0.25) is 0 Å². The minimum atomic E-state index is -1.38. The molecule has 9 heteroatoms. The average Bonchev–Trinajstić information content (AvgIpc) is 2.64. The first-order valence-corrected chi connectivity index (χ1v) is 7.22. The molecule has 2 rings (SSSR count). The maximum atomic E-state index is 12.1. The van der Waals surface area contributed by atoms with E-state index >= 15 is 0 Å². The Morgan fingerprint density at radius 3 is 1.33 bits per heavy atom. The Bertz CT molecular complexity index is 945. The topological polar surface area (TPSA) is 138 Å². The molecule has 8 nitrogen and oxygen atoms in total. The third kappa shape index (κ3) is 4.75. The van der Waals surface area contributed by atoms with Crippen LogP contribution in [-0.2, 0) is 4.94 Å². The first kappa shape index (κ1) is 19.3. The highest BCUT2D eigenvalue weighted by Crippen LogP contribution is 2.17. The van der Waals surface area contributed by atoms with Gasteiger partial charge in [-0.15, -0.1) is 0 Å². The Morgan fingerprint density at radius 2 is 1.00 bits per heavy atom. The van der Waals surface area contributed by atoms with Gasteiger partial charge in [-0.3, -0.25) is 0 Å². The minimum Gasteiger partial charge on any atom is -0.478 e. The van der Waals surface area contributed by atoms with E-state index < -0.39 is 23.9 Å². The number of carbonyl (C=O) groups excluding carboxylic acids is 1. The molecule has 2 aromatic rings. The van der Waals surface area contributed by atoms with Gasteiger partial charge in [-0.1, -0.05) is 12.2 Å². The first-order chi connectivity index (χ1) is 12.7. The summed E-state index contributed by atoms with van der Waals surface area (Å²) in [5.74, 6) is -5.39. The van der Waals surface area contributed by atoms with Crippen LogP contribution in [0.15, 0.2) is 36.4 Å². The maximum absolute atomic E-state index is 12.1. The van der Waals surface area contributed by atoms with Crippen LogP contribution in [0.3, 0.4) is 0 Å². The van der Waals surface area contributed by atoms with Gasteiger partial charge in [0.1, 0.15) is 0 Å². The fourth-order valence-corrected chi connectivity index (χ4v) is 2.22. The van der Waals surface area contributed by atoms with E-state index in [4.69, 9.17) is 15.3 Å². The van der Waals surface area contributed by atoms with E-state index in [1.807, 2.05) is 0 Å². The number of hydrogen-bond acceptors (Lipinski definition) is 5. The lowest BCUT2D eigenvalue weighted by Crippen LogP contribution is -2.04. The van der Waals surface area contributed by atoms with Gasteiger partial charge in [-0.2, -0.15) is 0 Å². The van der Waals surface area contributed by atoms with Crippen molar-refractivity contribution in [3.63, 3.8) is 0 Å². The molecule has 27 heavy (non-hydrogen) atoms. The number of rotatable bonds is 6. The highest BCUT2D eigenvalue weighted by Gasteiger charge is 2.14. The van der Waals surface area contributed by atoms with Crippen LogP contribution < -0.4 is 0 Å². The summed E-state index contributed by atoms with van der Waals surface area (Å²) in [5.41, 5.74) is -0.771. The third-order valence-corrected chi connectivity index (χ3v) is 3.43. The van der Waals surface area contributed by atoms with Crippen molar-refractivity contribution in [2.75, 3.05) is 0 Å². The van der Waals surface area contributed by atoms with Gasteiger partial charge in [0.25, 0.3) is 0 Å². The molecule has 0 fully saturated rings. The number of carboxylic acids is 3. The summed E-state index contributed by atoms with van der Waals surface area (Å²) in [6.45, 7) is 0. The van der Waals surface area contributed by atoms with Gasteiger partial charge in [-0.25, -0.2) is 24.1 Å². The second kappa shape index (κ2) is 7.91. The van der Waals surface area contributed by atoms with Crippen LogP contribution in [0.4, 0.5) is 4.53 Å². The van der Waals surface area contributed by atoms with Crippen molar-refractivity contribution in [3.05, 3.63) is 69.8 Å². The Morgan fingerprint density at radius 1 is 0.667 bits per heavy atom. The molecule has 0 radical (unpaired) electrons. The minimum absolute atomic E-state index is 0.174. The molecule has 0 aromatic heterocycles. The lowest BCUT2D eigenvalue weighted by atomic mass is 10.0. The van der Waals surface area contributed by atoms with Gasteiger partial charge >= 0.3 is 23.9 Å². The van der Waals surface area contributed by atoms with Crippen molar-refractivity contribution in [1.29, 1.82) is 0 Å². The van der Waals surface area contributed by atoms with E-state index in [1.165, 1.54) is 30.4 Å². The van der Waals surface area contributed by atoms with Gasteiger partial charge in [0.05, 0.1) is 22.3 Å². The van der Waals surface area contributed by atoms with E-state index in [2.05, 4.69) is 4.94 Å². The largest absolute Gasteiger partial charge is 0.478 e. The first-order valence-electron chi connectivity index (χ1n) is 7.22. The van der Waals surface area contributed by atoms with Crippen LogP contribution in [0.25, 0.3) is 12.2 Å². The quantitative estimate of drug-likeness (QED) is 0.656. The van der Waals surface area contributed by atoms with Gasteiger partial charge in [0, 0.05) is 4.53 Å². The standard InChI is InChI=1S/C18H11FO8/c19-27-18(26)14-6-10(5-13(8-14)17(24)25)2-1-9-3-11(15(20)21)7-12(4-9)16(22)23/h1-8H,(H,20,21)(H,22,23)(H,24,25)/b2-1+. The second-order valence-corrected chi connectivity index (χ2v) is 5.30. The van der Waals surface area contributed by atoms with Crippen LogP contribution in [0.5, 0.6) is 0 Å². The molecule has 0 aliphatic carbocycles. The number of aromatic carboxylic acids is 3. The molecule has 0 bridgehead atoms. The Kier molecular flexibility index (Phi) is 5.66. The summed E-state index contributed by atoms with van der Waals surface area (Å²) in [7, 11) is 0. The highest BCUT2D eigenvalue weighted by molar-refractivity contribution is 5.97. The molecule has 0 saturated heterocycles. The van der Waals surface area contributed by atoms with Gasteiger partial charge in [-0.05, 0) is 47.5 Å². The van der Waals surface area contributed by atoms with Crippen molar-refractivity contribution >= 4 is 36.0 Å². The Balaban J connectivity index is 2.49. The molecule has 0 amide bonds. The van der Waals surface area contributed by atoms with Crippen molar-refractivity contribution in [3.8, 4) is 0 Å². The monoisotopic (exact) mass is 374 g/mol. The normalized spacial score (nSPS) is 10.6. The van der Waals surface area contributed by atoms with Crippen LogP contribution in [0, 0.1) is 0 Å². The third-order valence-electron chi connectivity index (χ3n) is 3.43. The molecule has 0 unspecified atom stereocenters. The zero-order valence-corrected chi connectivity index (χ0v) is 13.4. The van der Waals surface area contributed by atoms with Gasteiger partial charge < -0.3 is 15.3 Å². The predicted molar refractivity (Wildman–Crippen MR) is 89.2 cm³/mol. The summed E-state index contributed by atoms with van der Waals surface area (Å²) in [6, 6.07) is 6.68. The van der Waals surface area contributed by atoms with Crippen LogP contribution in [0.1, 0.15) is 52.6 Å². The molecule has 0 saturated carbocycles. The zero-order valence-electron chi connectivity index (χ0n) is 13.4. The molecule has 0 aliphatic rings. The number of halogens is 1. The number of carboxylic acid groups (broad SMARTS) is 3. The van der Waals surface area contributed by atoms with E-state index in [1.54, 1.807) is 0 Å². The fourth-order valence-electron chi connectivity index (χ4n) is 2.22. The number of hydrogen-bond donors (Lipinski definition) is 3. The molecule has 0 spiro atoms. The van der Waals surface area contributed by atoms with Crippen molar-refractivity contribution in [2.24, 2.45) is 0 Å². The smallest absolute Gasteiger partial charge is 0.379 e. The molecule has 138 valence electrons. The van der Waals surface area contributed by atoms with Crippen LogP contribution in [-0.4, -0.2) is 39.2 Å². The Labute approximate surface area is 150 Å². The molecule has 0 aliphatic heterocycles. The van der Waals surface area contributed by atoms with E-state index in [-0.39, 0.29) is 33.4 Å². The van der Waals surface area contributed by atoms with Crippen molar-refractivity contribution in [1.82, 2.24) is 0 Å². The zero-order chi connectivity index (χ0) is 20.1. The van der Waals surface area contributed by atoms with Crippen molar-refractivity contribution < 1.29 is 44.0 Å². The second-order valence-electron chi connectivity index (χ2n) is 5.30. The molecular formula is C18H11FO8. The SMILES string of the molecule is O=C(O)c1cc(/C=C/c2cc(C(=O)O)cc(C(=O)OF)c2)cc(C(=O)O)c1. The molecule has 0 atom stereocenters. The number of benzene rings is 2. The maximum Gasteiger partial charge on any atom is 0.379 e. The summed E-state index contributed by atoms with van der Waals surface area (Å²) in [5, 5.41) is 27.2. The van der Waals surface area contributed by atoms with Crippen molar-refractivity contribution in [2.45, 2.75) is 0 Å². The fraction of sp³-hybridized carbons (Fsp3) is 0. The molecule has 0 heterocycles. The summed E-state index contributed by atoms with van der Waals surface area (Å²) in [4.78, 5) is 47.7. The lowest BCUT2D eigenvalue weighted by Gasteiger charge is -2.04. The summed E-state index contributed by atoms with van der Waals surface area (Å²) < 4.78 is 12.1. The molecule has 2 aromatic carbocycles. The number of carbonyl (C=O) groups is 4. The van der Waals surface area contributed by atoms with E-state index in [9.17, 15) is 23.7 Å². The lowest BCUT2D eigenvalue weighted by molar-refractivity contribution is -0.0788. The van der Waals surface area contributed by atoms with Gasteiger partial charge in [0.15, 0.2) is 0 Å². The molecule has 3 N–H and O–H groups in total.